The summed E-state index contributed by atoms with van der Waals surface area (Å²) in [5, 5.41) is 6.35. The third-order valence-corrected chi connectivity index (χ3v) is 4.10. The topological polar surface area (TPSA) is 50.4 Å². The average molecular weight is 347 g/mol. The molecule has 1 aliphatic rings. The molecule has 24 heavy (non-hydrogen) atoms. The lowest BCUT2D eigenvalue weighted by Gasteiger charge is -2.12. The van der Waals surface area contributed by atoms with E-state index in [4.69, 9.17) is 4.74 Å². The van der Waals surface area contributed by atoms with E-state index in [2.05, 4.69) is 10.6 Å². The van der Waals surface area contributed by atoms with Crippen LogP contribution in [0, 0.1) is 5.92 Å². The smallest absolute Gasteiger partial charge is 0.255 e. The van der Waals surface area contributed by atoms with E-state index >= 15 is 0 Å². The van der Waals surface area contributed by atoms with Crippen LogP contribution >= 0.6 is 12.4 Å². The van der Waals surface area contributed by atoms with E-state index in [9.17, 15) is 4.79 Å². The van der Waals surface area contributed by atoms with Crippen molar-refractivity contribution in [3.63, 3.8) is 0 Å². The van der Waals surface area contributed by atoms with Crippen LogP contribution in [0.25, 0.3) is 0 Å². The van der Waals surface area contributed by atoms with E-state index < -0.39 is 0 Å². The lowest BCUT2D eigenvalue weighted by molar-refractivity contribution is 0.0949. The summed E-state index contributed by atoms with van der Waals surface area (Å²) >= 11 is 0. The summed E-state index contributed by atoms with van der Waals surface area (Å²) in [5.74, 6) is 1.90. The van der Waals surface area contributed by atoms with Crippen molar-refractivity contribution in [1.82, 2.24) is 10.6 Å². The van der Waals surface area contributed by atoms with E-state index in [1.165, 1.54) is 6.42 Å². The van der Waals surface area contributed by atoms with Crippen molar-refractivity contribution in [2.45, 2.75) is 12.8 Å². The fourth-order valence-corrected chi connectivity index (χ4v) is 2.80. The normalized spacial score (nSPS) is 16.2. The van der Waals surface area contributed by atoms with Crippen molar-refractivity contribution < 1.29 is 9.53 Å². The largest absolute Gasteiger partial charge is 0.457 e. The predicted octanol–water partition coefficient (Wildman–Crippen LogP) is 3.63. The maximum Gasteiger partial charge on any atom is 0.255 e. The average Bonchev–Trinajstić information content (AvgIpc) is 3.09. The van der Waals surface area contributed by atoms with E-state index in [1.54, 1.807) is 6.07 Å². The minimum Gasteiger partial charge on any atom is -0.457 e. The van der Waals surface area contributed by atoms with Crippen LogP contribution in [0.1, 0.15) is 23.2 Å². The van der Waals surface area contributed by atoms with Gasteiger partial charge in [-0.15, -0.1) is 12.4 Å². The van der Waals surface area contributed by atoms with Crippen molar-refractivity contribution >= 4 is 18.3 Å². The van der Waals surface area contributed by atoms with Crippen LogP contribution in [0.5, 0.6) is 11.5 Å². The van der Waals surface area contributed by atoms with Crippen LogP contribution in [0.3, 0.4) is 0 Å². The summed E-state index contributed by atoms with van der Waals surface area (Å²) in [6, 6.07) is 16.9. The van der Waals surface area contributed by atoms with Crippen molar-refractivity contribution in [1.29, 1.82) is 0 Å². The van der Waals surface area contributed by atoms with Gasteiger partial charge in [0.05, 0.1) is 5.56 Å². The number of nitrogens with one attached hydrogen (secondary N) is 2. The molecule has 1 amide bonds. The van der Waals surface area contributed by atoms with Crippen molar-refractivity contribution in [3.8, 4) is 11.5 Å². The summed E-state index contributed by atoms with van der Waals surface area (Å²) in [6.45, 7) is 2.85. The minimum atomic E-state index is -0.0810. The highest BCUT2D eigenvalue weighted by molar-refractivity contribution is 5.97. The minimum absolute atomic E-state index is 0. The molecule has 0 spiro atoms. The molecule has 1 saturated heterocycles. The number of para-hydroxylation sites is 2. The molecule has 2 N–H and O–H groups in total. The van der Waals surface area contributed by atoms with E-state index in [0.29, 0.717) is 23.8 Å². The Bertz CT molecular complexity index is 643. The maximum absolute atomic E-state index is 12.4. The van der Waals surface area contributed by atoms with Gasteiger partial charge >= 0.3 is 0 Å². The molecule has 0 aromatic heterocycles. The molecule has 5 heteroatoms. The van der Waals surface area contributed by atoms with Gasteiger partial charge in [-0.2, -0.15) is 0 Å². The second-order valence-electron chi connectivity index (χ2n) is 5.81. The lowest BCUT2D eigenvalue weighted by atomic mass is 10.1. The van der Waals surface area contributed by atoms with Gasteiger partial charge in [-0.25, -0.2) is 0 Å². The molecule has 3 rings (SSSR count). The Hall–Kier alpha value is -2.04. The van der Waals surface area contributed by atoms with E-state index in [1.807, 2.05) is 48.5 Å². The summed E-state index contributed by atoms with van der Waals surface area (Å²) < 4.78 is 5.84. The Morgan fingerprint density at radius 3 is 2.62 bits per heavy atom. The standard InChI is InChI=1S/C19H22N2O2.ClH/c22-19(21-13-11-15-10-12-20-14-15)17-8-4-5-9-18(17)23-16-6-2-1-3-7-16;/h1-9,15,20H,10-14H2,(H,21,22);1H. The van der Waals surface area contributed by atoms with Gasteiger partial charge in [-0.3, -0.25) is 4.79 Å². The third-order valence-electron chi connectivity index (χ3n) is 4.10. The van der Waals surface area contributed by atoms with Crippen molar-refractivity contribution in [2.24, 2.45) is 5.92 Å². The monoisotopic (exact) mass is 346 g/mol. The number of rotatable bonds is 6. The second kappa shape index (κ2) is 9.30. The highest BCUT2D eigenvalue weighted by Gasteiger charge is 2.16. The van der Waals surface area contributed by atoms with Crippen LogP contribution in [0.4, 0.5) is 0 Å². The molecule has 0 radical (unpaired) electrons. The Balaban J connectivity index is 0.00000208. The Morgan fingerprint density at radius 1 is 1.12 bits per heavy atom. The first-order valence-electron chi connectivity index (χ1n) is 8.14. The van der Waals surface area contributed by atoms with Crippen molar-refractivity contribution in [3.05, 3.63) is 60.2 Å². The van der Waals surface area contributed by atoms with E-state index in [0.717, 1.165) is 25.3 Å². The molecule has 1 aliphatic heterocycles. The fourth-order valence-electron chi connectivity index (χ4n) is 2.80. The Morgan fingerprint density at radius 2 is 1.88 bits per heavy atom. The van der Waals surface area contributed by atoms with Gasteiger partial charge in [0.25, 0.3) is 5.91 Å². The molecule has 0 saturated carbocycles. The zero-order valence-electron chi connectivity index (χ0n) is 13.5. The molecular weight excluding hydrogens is 324 g/mol. The number of benzene rings is 2. The Kier molecular flexibility index (Phi) is 7.09. The summed E-state index contributed by atoms with van der Waals surface area (Å²) in [6.07, 6.45) is 2.21. The van der Waals surface area contributed by atoms with Crippen molar-refractivity contribution in [2.75, 3.05) is 19.6 Å². The first-order chi connectivity index (χ1) is 11.3. The number of amides is 1. The van der Waals surface area contributed by atoms with Gasteiger partial charge in [-0.1, -0.05) is 30.3 Å². The zero-order chi connectivity index (χ0) is 15.9. The highest BCUT2D eigenvalue weighted by atomic mass is 35.5. The first-order valence-corrected chi connectivity index (χ1v) is 8.14. The SMILES string of the molecule is Cl.O=C(NCCC1CCNC1)c1ccccc1Oc1ccccc1. The summed E-state index contributed by atoms with van der Waals surface area (Å²) in [7, 11) is 0. The van der Waals surface area contributed by atoms with Gasteiger partial charge in [-0.05, 0) is 56.1 Å². The number of carbonyl (C=O) groups is 1. The first kappa shape index (κ1) is 18.3. The maximum atomic E-state index is 12.4. The predicted molar refractivity (Wildman–Crippen MR) is 98.1 cm³/mol. The molecule has 2 aromatic carbocycles. The molecule has 2 aromatic rings. The quantitative estimate of drug-likeness (QED) is 0.839. The molecule has 0 bridgehead atoms. The number of hydrogen-bond donors (Lipinski definition) is 2. The van der Waals surface area contributed by atoms with Crippen LogP contribution in [-0.2, 0) is 0 Å². The van der Waals surface area contributed by atoms with Gasteiger partial charge in [0.2, 0.25) is 0 Å². The van der Waals surface area contributed by atoms with Crippen LogP contribution in [0.2, 0.25) is 0 Å². The molecule has 1 unspecified atom stereocenters. The Labute approximate surface area is 149 Å². The summed E-state index contributed by atoms with van der Waals surface area (Å²) in [4.78, 5) is 12.4. The number of hydrogen-bond acceptors (Lipinski definition) is 3. The molecular formula is C19H23ClN2O2. The molecule has 1 atom stereocenters. The van der Waals surface area contributed by atoms with Gasteiger partial charge in [0.15, 0.2) is 0 Å². The van der Waals surface area contributed by atoms with Crippen LogP contribution in [0.15, 0.2) is 54.6 Å². The number of halogens is 1. The molecule has 1 heterocycles. The molecule has 128 valence electrons. The van der Waals surface area contributed by atoms with Gasteiger partial charge in [0, 0.05) is 6.54 Å². The van der Waals surface area contributed by atoms with Gasteiger partial charge in [0.1, 0.15) is 11.5 Å². The number of ether oxygens (including phenoxy) is 1. The second-order valence-corrected chi connectivity index (χ2v) is 5.81. The zero-order valence-corrected chi connectivity index (χ0v) is 14.4. The van der Waals surface area contributed by atoms with Crippen LogP contribution in [-0.4, -0.2) is 25.5 Å². The third kappa shape index (κ3) is 4.98. The number of carbonyl (C=O) groups excluding carboxylic acids is 1. The molecule has 0 aliphatic carbocycles. The fraction of sp³-hybridized carbons (Fsp3) is 0.316. The summed E-state index contributed by atoms with van der Waals surface area (Å²) in [5.41, 5.74) is 0.570. The van der Waals surface area contributed by atoms with Crippen LogP contribution < -0.4 is 15.4 Å². The highest BCUT2D eigenvalue weighted by Crippen LogP contribution is 2.25. The van der Waals surface area contributed by atoms with Gasteiger partial charge < -0.3 is 15.4 Å². The molecule has 1 fully saturated rings. The van der Waals surface area contributed by atoms with E-state index in [-0.39, 0.29) is 18.3 Å². The molecule has 4 nitrogen and oxygen atoms in total. The lowest BCUT2D eigenvalue weighted by Crippen LogP contribution is -2.26.